The van der Waals surface area contributed by atoms with E-state index in [1.54, 1.807) is 13.8 Å². The molecular formula is C10H18O2. The zero-order valence-corrected chi connectivity index (χ0v) is 7.88. The number of hydrogen-bond donors (Lipinski definition) is 2. The Morgan fingerprint density at radius 2 is 2.17 bits per heavy atom. The molecule has 0 aromatic rings. The molecule has 70 valence electrons. The molecule has 0 aliphatic heterocycles. The van der Waals surface area contributed by atoms with E-state index in [0.717, 1.165) is 5.57 Å². The average Bonchev–Trinajstić information content (AvgIpc) is 2.00. The molecule has 0 spiro atoms. The summed E-state index contributed by atoms with van der Waals surface area (Å²) in [6.07, 6.45) is 1.99. The lowest BCUT2D eigenvalue weighted by atomic mass is 9.96. The van der Waals surface area contributed by atoms with Gasteiger partial charge >= 0.3 is 0 Å². The first-order chi connectivity index (χ1) is 5.39. The molecule has 2 nitrogen and oxygen atoms in total. The summed E-state index contributed by atoms with van der Waals surface area (Å²) < 4.78 is 0. The van der Waals surface area contributed by atoms with Crippen LogP contribution < -0.4 is 0 Å². The highest BCUT2D eigenvalue weighted by Crippen LogP contribution is 2.16. The van der Waals surface area contributed by atoms with E-state index in [1.165, 1.54) is 6.08 Å². The summed E-state index contributed by atoms with van der Waals surface area (Å²) in [5.74, 6) is 0. The average molecular weight is 170 g/mol. The Hall–Kier alpha value is -0.600. The van der Waals surface area contributed by atoms with E-state index >= 15 is 0 Å². The summed E-state index contributed by atoms with van der Waals surface area (Å²) in [6.45, 7) is 10.6. The molecule has 2 heteroatoms. The van der Waals surface area contributed by atoms with Crippen LogP contribution >= 0.6 is 0 Å². The second-order valence-corrected chi connectivity index (χ2v) is 3.46. The molecule has 0 bridgehead atoms. The molecule has 0 amide bonds. The topological polar surface area (TPSA) is 40.5 Å². The van der Waals surface area contributed by atoms with Crippen LogP contribution in [0, 0.1) is 0 Å². The van der Waals surface area contributed by atoms with Gasteiger partial charge in [0.25, 0.3) is 0 Å². The van der Waals surface area contributed by atoms with Crippen LogP contribution in [0.25, 0.3) is 0 Å². The van der Waals surface area contributed by atoms with E-state index in [4.69, 9.17) is 0 Å². The molecule has 0 saturated heterocycles. The standard InChI is InChI=1S/C10H18O2/c1-5-10(4,12)7-6-9(11)8(2)3/h5,9,11-12H,1-2,6-7H2,3-4H3/t9-,10-/m0/s1. The first-order valence-electron chi connectivity index (χ1n) is 4.08. The van der Waals surface area contributed by atoms with Crippen molar-refractivity contribution in [3.8, 4) is 0 Å². The molecule has 0 fully saturated rings. The normalized spacial score (nSPS) is 18.0. The van der Waals surface area contributed by atoms with Crippen LogP contribution in [0.2, 0.25) is 0 Å². The first-order valence-corrected chi connectivity index (χ1v) is 4.08. The van der Waals surface area contributed by atoms with Crippen LogP contribution in [0.4, 0.5) is 0 Å². The van der Waals surface area contributed by atoms with Crippen molar-refractivity contribution >= 4 is 0 Å². The van der Waals surface area contributed by atoms with Gasteiger partial charge in [0, 0.05) is 0 Å². The fourth-order valence-corrected chi connectivity index (χ4v) is 0.777. The van der Waals surface area contributed by atoms with Crippen molar-refractivity contribution in [2.24, 2.45) is 0 Å². The van der Waals surface area contributed by atoms with E-state index in [9.17, 15) is 10.2 Å². The maximum Gasteiger partial charge on any atom is 0.0798 e. The fraction of sp³-hybridized carbons (Fsp3) is 0.600. The third kappa shape index (κ3) is 4.31. The SMILES string of the molecule is C=C[C@](C)(O)CC[C@H](O)C(=C)C. The molecule has 0 heterocycles. The van der Waals surface area contributed by atoms with E-state index in [-0.39, 0.29) is 0 Å². The van der Waals surface area contributed by atoms with Crippen molar-refractivity contribution in [1.29, 1.82) is 0 Å². The number of aliphatic hydroxyl groups is 2. The predicted octanol–water partition coefficient (Wildman–Crippen LogP) is 1.64. The monoisotopic (exact) mass is 170 g/mol. The zero-order valence-electron chi connectivity index (χ0n) is 7.88. The maximum absolute atomic E-state index is 9.50. The molecule has 12 heavy (non-hydrogen) atoms. The van der Waals surface area contributed by atoms with Gasteiger partial charge in [0.1, 0.15) is 0 Å². The Morgan fingerprint density at radius 1 is 1.67 bits per heavy atom. The Bertz CT molecular complexity index is 171. The molecule has 0 aliphatic rings. The largest absolute Gasteiger partial charge is 0.389 e. The summed E-state index contributed by atoms with van der Waals surface area (Å²) in [4.78, 5) is 0. The molecule has 0 aromatic heterocycles. The van der Waals surface area contributed by atoms with E-state index in [1.807, 2.05) is 0 Å². The molecule has 0 rings (SSSR count). The lowest BCUT2D eigenvalue weighted by Crippen LogP contribution is -2.23. The predicted molar refractivity (Wildman–Crippen MR) is 50.9 cm³/mol. The van der Waals surface area contributed by atoms with Gasteiger partial charge in [-0.05, 0) is 26.7 Å². The van der Waals surface area contributed by atoms with Crippen LogP contribution in [0.5, 0.6) is 0 Å². The van der Waals surface area contributed by atoms with Crippen molar-refractivity contribution in [3.05, 3.63) is 24.8 Å². The van der Waals surface area contributed by atoms with Gasteiger partial charge in [0.05, 0.1) is 11.7 Å². The molecule has 0 radical (unpaired) electrons. The zero-order chi connectivity index (χ0) is 9.78. The Morgan fingerprint density at radius 3 is 2.50 bits per heavy atom. The van der Waals surface area contributed by atoms with Crippen LogP contribution in [0.15, 0.2) is 24.8 Å². The number of hydrogen-bond acceptors (Lipinski definition) is 2. The van der Waals surface area contributed by atoms with Crippen LogP contribution in [0.1, 0.15) is 26.7 Å². The van der Waals surface area contributed by atoms with Gasteiger partial charge in [0.15, 0.2) is 0 Å². The molecule has 2 atom stereocenters. The summed E-state index contributed by atoms with van der Waals surface area (Å²) in [5.41, 5.74) is -0.147. The quantitative estimate of drug-likeness (QED) is 0.616. The van der Waals surface area contributed by atoms with Crippen molar-refractivity contribution in [1.82, 2.24) is 0 Å². The minimum absolute atomic E-state index is 0.504. The number of rotatable bonds is 5. The van der Waals surface area contributed by atoms with Gasteiger partial charge in [-0.3, -0.25) is 0 Å². The van der Waals surface area contributed by atoms with Gasteiger partial charge in [-0.15, -0.1) is 6.58 Å². The molecule has 2 N–H and O–H groups in total. The lowest BCUT2D eigenvalue weighted by Gasteiger charge is -2.20. The van der Waals surface area contributed by atoms with E-state index in [2.05, 4.69) is 13.2 Å². The van der Waals surface area contributed by atoms with Gasteiger partial charge in [-0.25, -0.2) is 0 Å². The Balaban J connectivity index is 3.83. The number of aliphatic hydroxyl groups excluding tert-OH is 1. The van der Waals surface area contributed by atoms with Crippen LogP contribution in [-0.4, -0.2) is 21.9 Å². The second kappa shape index (κ2) is 4.43. The Kier molecular flexibility index (Phi) is 4.21. The highest BCUT2D eigenvalue weighted by molar-refractivity contribution is 4.99. The van der Waals surface area contributed by atoms with Crippen LogP contribution in [0.3, 0.4) is 0 Å². The molecular weight excluding hydrogens is 152 g/mol. The van der Waals surface area contributed by atoms with E-state index < -0.39 is 11.7 Å². The van der Waals surface area contributed by atoms with Crippen molar-refractivity contribution < 1.29 is 10.2 Å². The molecule has 0 aromatic carbocycles. The van der Waals surface area contributed by atoms with Gasteiger partial charge in [-0.2, -0.15) is 0 Å². The van der Waals surface area contributed by atoms with E-state index in [0.29, 0.717) is 12.8 Å². The molecule has 0 unspecified atom stereocenters. The first kappa shape index (κ1) is 11.4. The third-order valence-corrected chi connectivity index (χ3v) is 1.93. The molecule has 0 saturated carbocycles. The van der Waals surface area contributed by atoms with Crippen molar-refractivity contribution in [2.45, 2.75) is 38.4 Å². The lowest BCUT2D eigenvalue weighted by molar-refractivity contribution is 0.0811. The summed E-state index contributed by atoms with van der Waals surface area (Å²) in [5, 5.41) is 18.8. The second-order valence-electron chi connectivity index (χ2n) is 3.46. The van der Waals surface area contributed by atoms with Crippen LogP contribution in [-0.2, 0) is 0 Å². The smallest absolute Gasteiger partial charge is 0.0798 e. The van der Waals surface area contributed by atoms with Gasteiger partial charge < -0.3 is 10.2 Å². The van der Waals surface area contributed by atoms with Gasteiger partial charge in [0.2, 0.25) is 0 Å². The summed E-state index contributed by atoms with van der Waals surface area (Å²) in [7, 11) is 0. The molecule has 0 aliphatic carbocycles. The van der Waals surface area contributed by atoms with Gasteiger partial charge in [-0.1, -0.05) is 18.2 Å². The van der Waals surface area contributed by atoms with Crippen molar-refractivity contribution in [3.63, 3.8) is 0 Å². The highest BCUT2D eigenvalue weighted by atomic mass is 16.3. The highest BCUT2D eigenvalue weighted by Gasteiger charge is 2.17. The minimum atomic E-state index is -0.879. The Labute approximate surface area is 74.2 Å². The minimum Gasteiger partial charge on any atom is -0.389 e. The summed E-state index contributed by atoms with van der Waals surface area (Å²) >= 11 is 0. The maximum atomic E-state index is 9.50. The van der Waals surface area contributed by atoms with Crippen molar-refractivity contribution in [2.75, 3.05) is 0 Å². The third-order valence-electron chi connectivity index (χ3n) is 1.93. The fourth-order valence-electron chi connectivity index (χ4n) is 0.777. The summed E-state index contributed by atoms with van der Waals surface area (Å²) in [6, 6.07) is 0.